The van der Waals surface area contributed by atoms with Crippen LogP contribution < -0.4 is 4.74 Å². The number of likely N-dealkylation sites (N-methyl/N-ethyl adjacent to an activating group) is 1. The van der Waals surface area contributed by atoms with E-state index in [1.54, 1.807) is 13.8 Å². The van der Waals surface area contributed by atoms with Crippen molar-refractivity contribution in [1.82, 2.24) is 4.90 Å². The maximum atomic E-state index is 9.97. The highest BCUT2D eigenvalue weighted by molar-refractivity contribution is 5.35. The van der Waals surface area contributed by atoms with Crippen LogP contribution in [-0.4, -0.2) is 53.6 Å². The fraction of sp³-hybridized carbons (Fsp3) is 0.625. The molecule has 2 N–H and O–H groups in total. The van der Waals surface area contributed by atoms with Crippen LogP contribution in [0.1, 0.15) is 25.0 Å². The van der Waals surface area contributed by atoms with Crippen molar-refractivity contribution in [1.29, 1.82) is 0 Å². The Morgan fingerprint density at radius 2 is 1.95 bits per heavy atom. The Kier molecular flexibility index (Phi) is 5.99. The van der Waals surface area contributed by atoms with E-state index in [2.05, 4.69) is 6.07 Å². The van der Waals surface area contributed by atoms with E-state index in [9.17, 15) is 10.2 Å². The lowest BCUT2D eigenvalue weighted by Gasteiger charge is -2.27. The molecule has 0 bridgehead atoms. The second-order valence-corrected chi connectivity index (χ2v) is 6.24. The SMILES string of the molecule is Cc1ccc(OCC(O)CN(C)CC(C)(C)O)c(C)c1. The summed E-state index contributed by atoms with van der Waals surface area (Å²) in [6.45, 7) is 8.76. The molecule has 20 heavy (non-hydrogen) atoms. The minimum Gasteiger partial charge on any atom is -0.491 e. The number of rotatable bonds is 7. The summed E-state index contributed by atoms with van der Waals surface area (Å²) in [5.41, 5.74) is 1.51. The summed E-state index contributed by atoms with van der Waals surface area (Å²) in [6, 6.07) is 5.98. The van der Waals surface area contributed by atoms with Gasteiger partial charge in [0.2, 0.25) is 0 Å². The first kappa shape index (κ1) is 17.0. The van der Waals surface area contributed by atoms with Crippen LogP contribution in [-0.2, 0) is 0 Å². The Hall–Kier alpha value is -1.10. The summed E-state index contributed by atoms with van der Waals surface area (Å²) in [5, 5.41) is 19.7. The van der Waals surface area contributed by atoms with Crippen molar-refractivity contribution in [2.45, 2.75) is 39.4 Å². The van der Waals surface area contributed by atoms with Gasteiger partial charge in [0.1, 0.15) is 18.5 Å². The number of ether oxygens (including phenoxy) is 1. The molecule has 0 saturated heterocycles. The lowest BCUT2D eigenvalue weighted by Crippen LogP contribution is -2.41. The van der Waals surface area contributed by atoms with Crippen LogP contribution in [0.2, 0.25) is 0 Å². The van der Waals surface area contributed by atoms with Crippen molar-refractivity contribution in [3.05, 3.63) is 29.3 Å². The second-order valence-electron chi connectivity index (χ2n) is 6.24. The van der Waals surface area contributed by atoms with E-state index in [-0.39, 0.29) is 6.61 Å². The third-order valence-electron chi connectivity index (χ3n) is 2.94. The smallest absolute Gasteiger partial charge is 0.122 e. The van der Waals surface area contributed by atoms with Gasteiger partial charge in [-0.1, -0.05) is 17.7 Å². The summed E-state index contributed by atoms with van der Waals surface area (Å²) in [5.74, 6) is 0.805. The zero-order valence-corrected chi connectivity index (χ0v) is 13.2. The summed E-state index contributed by atoms with van der Waals surface area (Å²) in [7, 11) is 1.87. The maximum Gasteiger partial charge on any atom is 0.122 e. The zero-order chi connectivity index (χ0) is 15.3. The van der Waals surface area contributed by atoms with Gasteiger partial charge in [0.25, 0.3) is 0 Å². The predicted molar refractivity (Wildman–Crippen MR) is 81.2 cm³/mol. The lowest BCUT2D eigenvalue weighted by molar-refractivity contribution is 0.0194. The van der Waals surface area contributed by atoms with Gasteiger partial charge >= 0.3 is 0 Å². The van der Waals surface area contributed by atoms with Crippen molar-refractivity contribution in [2.24, 2.45) is 0 Å². The standard InChI is InChI=1S/C16H27NO3/c1-12-6-7-15(13(2)8-12)20-10-14(18)9-17(5)11-16(3,4)19/h6-8,14,18-19H,9-11H2,1-5H3. The molecule has 0 saturated carbocycles. The fourth-order valence-electron chi connectivity index (χ4n) is 2.28. The predicted octanol–water partition coefficient (Wildman–Crippen LogP) is 1.75. The summed E-state index contributed by atoms with van der Waals surface area (Å²) in [4.78, 5) is 1.90. The Morgan fingerprint density at radius 1 is 1.30 bits per heavy atom. The van der Waals surface area contributed by atoms with Crippen LogP contribution in [0.3, 0.4) is 0 Å². The quantitative estimate of drug-likeness (QED) is 0.799. The van der Waals surface area contributed by atoms with E-state index in [1.165, 1.54) is 5.56 Å². The molecule has 0 spiro atoms. The fourth-order valence-corrected chi connectivity index (χ4v) is 2.28. The molecule has 1 atom stereocenters. The van der Waals surface area contributed by atoms with Crippen molar-refractivity contribution < 1.29 is 14.9 Å². The first-order valence-corrected chi connectivity index (χ1v) is 6.96. The summed E-state index contributed by atoms with van der Waals surface area (Å²) < 4.78 is 5.65. The Labute approximate surface area is 122 Å². The molecule has 1 aromatic rings. The molecule has 4 heteroatoms. The monoisotopic (exact) mass is 281 g/mol. The first-order valence-electron chi connectivity index (χ1n) is 6.96. The maximum absolute atomic E-state index is 9.97. The molecule has 1 rings (SSSR count). The van der Waals surface area contributed by atoms with Gasteiger partial charge in [-0.25, -0.2) is 0 Å². The van der Waals surface area contributed by atoms with Gasteiger partial charge in [0.05, 0.1) is 5.60 Å². The van der Waals surface area contributed by atoms with E-state index >= 15 is 0 Å². The molecule has 0 heterocycles. The number of hydrogen-bond donors (Lipinski definition) is 2. The number of aliphatic hydroxyl groups is 2. The van der Waals surface area contributed by atoms with Gasteiger partial charge in [0.15, 0.2) is 0 Å². The van der Waals surface area contributed by atoms with Gasteiger partial charge in [0, 0.05) is 13.1 Å². The van der Waals surface area contributed by atoms with E-state index in [0.29, 0.717) is 13.1 Å². The number of nitrogens with zero attached hydrogens (tertiary/aromatic N) is 1. The Bertz CT molecular complexity index is 426. The molecule has 4 nitrogen and oxygen atoms in total. The average Bonchev–Trinajstić information content (AvgIpc) is 2.24. The van der Waals surface area contributed by atoms with Crippen LogP contribution in [0.4, 0.5) is 0 Å². The minimum absolute atomic E-state index is 0.250. The molecular weight excluding hydrogens is 254 g/mol. The molecule has 0 aromatic heterocycles. The number of aliphatic hydroxyl groups excluding tert-OH is 1. The van der Waals surface area contributed by atoms with Gasteiger partial charge in [-0.2, -0.15) is 0 Å². The largest absolute Gasteiger partial charge is 0.491 e. The third-order valence-corrected chi connectivity index (χ3v) is 2.94. The van der Waals surface area contributed by atoms with Crippen LogP contribution in [0, 0.1) is 13.8 Å². The highest BCUT2D eigenvalue weighted by Gasteiger charge is 2.18. The normalized spacial score (nSPS) is 13.6. The van der Waals surface area contributed by atoms with Crippen molar-refractivity contribution in [3.8, 4) is 5.75 Å². The molecule has 0 radical (unpaired) electrons. The van der Waals surface area contributed by atoms with Gasteiger partial charge in [-0.05, 0) is 46.4 Å². The minimum atomic E-state index is -0.761. The first-order chi connectivity index (χ1) is 9.17. The summed E-state index contributed by atoms with van der Waals surface area (Å²) >= 11 is 0. The van der Waals surface area contributed by atoms with Gasteiger partial charge in [-0.15, -0.1) is 0 Å². The van der Waals surface area contributed by atoms with Crippen molar-refractivity contribution in [2.75, 3.05) is 26.7 Å². The van der Waals surface area contributed by atoms with Crippen molar-refractivity contribution >= 4 is 0 Å². The van der Waals surface area contributed by atoms with E-state index in [4.69, 9.17) is 4.74 Å². The molecule has 0 amide bonds. The van der Waals surface area contributed by atoms with Crippen LogP contribution in [0.25, 0.3) is 0 Å². The molecule has 0 aliphatic carbocycles. The van der Waals surface area contributed by atoms with Crippen LogP contribution in [0.5, 0.6) is 5.75 Å². The van der Waals surface area contributed by atoms with E-state index < -0.39 is 11.7 Å². The van der Waals surface area contributed by atoms with Gasteiger partial charge < -0.3 is 19.8 Å². The van der Waals surface area contributed by atoms with Crippen molar-refractivity contribution in [3.63, 3.8) is 0 Å². The third kappa shape index (κ3) is 6.37. The Balaban J connectivity index is 2.41. The molecule has 0 aliphatic heterocycles. The van der Waals surface area contributed by atoms with Crippen LogP contribution in [0.15, 0.2) is 18.2 Å². The molecule has 114 valence electrons. The molecule has 0 fully saturated rings. The summed E-state index contributed by atoms with van der Waals surface area (Å²) in [6.07, 6.45) is -0.581. The molecular formula is C16H27NO3. The molecule has 0 aliphatic rings. The highest BCUT2D eigenvalue weighted by Crippen LogP contribution is 2.18. The average molecular weight is 281 g/mol. The highest BCUT2D eigenvalue weighted by atomic mass is 16.5. The van der Waals surface area contributed by atoms with Crippen LogP contribution >= 0.6 is 0 Å². The van der Waals surface area contributed by atoms with E-state index in [1.807, 2.05) is 37.9 Å². The molecule has 1 aromatic carbocycles. The van der Waals surface area contributed by atoms with E-state index in [0.717, 1.165) is 11.3 Å². The number of hydrogen-bond acceptors (Lipinski definition) is 4. The molecule has 1 unspecified atom stereocenters. The lowest BCUT2D eigenvalue weighted by atomic mass is 10.1. The zero-order valence-electron chi connectivity index (χ0n) is 13.2. The number of aryl methyl sites for hydroxylation is 2. The Morgan fingerprint density at radius 3 is 2.50 bits per heavy atom. The number of benzene rings is 1. The second kappa shape index (κ2) is 7.07. The topological polar surface area (TPSA) is 52.9 Å². The van der Waals surface area contributed by atoms with Gasteiger partial charge in [-0.3, -0.25) is 0 Å².